The van der Waals surface area contributed by atoms with Gasteiger partial charge in [0.25, 0.3) is 0 Å². The van der Waals surface area contributed by atoms with Crippen LogP contribution in [0, 0.1) is 11.8 Å². The lowest BCUT2D eigenvalue weighted by molar-refractivity contribution is -0.148. The van der Waals surface area contributed by atoms with Gasteiger partial charge in [-0.3, -0.25) is 4.79 Å². The fourth-order valence-corrected chi connectivity index (χ4v) is 1.74. The highest BCUT2D eigenvalue weighted by molar-refractivity contribution is 5.78. The second-order valence-electron chi connectivity index (χ2n) is 4.80. The Hall–Kier alpha value is -1.14. The minimum absolute atomic E-state index is 0.0242. The molecule has 0 aromatic heterocycles. The Morgan fingerprint density at radius 1 is 1.39 bits per heavy atom. The molecule has 0 aliphatic heterocycles. The maximum atomic E-state index is 11.6. The average Bonchev–Trinajstić information content (AvgIpc) is 2.27. The van der Waals surface area contributed by atoms with E-state index in [0.29, 0.717) is 18.9 Å². The number of carbonyl (C=O) groups is 2. The molecule has 2 unspecified atom stereocenters. The van der Waals surface area contributed by atoms with Gasteiger partial charge >= 0.3 is 5.97 Å². The fourth-order valence-electron chi connectivity index (χ4n) is 1.74. The van der Waals surface area contributed by atoms with Crippen molar-refractivity contribution in [2.75, 3.05) is 20.2 Å². The highest BCUT2D eigenvalue weighted by Crippen LogP contribution is 2.13. The van der Waals surface area contributed by atoms with Gasteiger partial charge in [-0.05, 0) is 24.8 Å². The summed E-state index contributed by atoms with van der Waals surface area (Å²) in [5, 5.41) is 11.3. The lowest BCUT2D eigenvalue weighted by Crippen LogP contribution is -2.39. The molecule has 0 saturated carbocycles. The molecule has 0 rings (SSSR count). The van der Waals surface area contributed by atoms with Crippen LogP contribution in [-0.4, -0.2) is 43.3 Å². The summed E-state index contributed by atoms with van der Waals surface area (Å²) in [6.07, 6.45) is 0.205. The number of carboxylic acid groups (broad SMARTS) is 1. The number of nitrogens with two attached hydrogens (primary N) is 1. The maximum Gasteiger partial charge on any atom is 0.334 e. The lowest BCUT2D eigenvalue weighted by Gasteiger charge is -2.17. The SMILES string of the molecule is COC(CNC(=O)CC(CN)CC(C)C)C(=O)O. The van der Waals surface area contributed by atoms with E-state index in [-0.39, 0.29) is 18.4 Å². The zero-order valence-corrected chi connectivity index (χ0v) is 11.3. The van der Waals surface area contributed by atoms with Gasteiger partial charge in [-0.25, -0.2) is 4.79 Å². The van der Waals surface area contributed by atoms with E-state index in [1.54, 1.807) is 0 Å². The molecule has 0 saturated heterocycles. The number of nitrogens with one attached hydrogen (secondary N) is 1. The van der Waals surface area contributed by atoms with Gasteiger partial charge < -0.3 is 20.9 Å². The Kier molecular flexibility index (Phi) is 8.32. The third-order valence-corrected chi connectivity index (χ3v) is 2.66. The molecule has 1 amide bonds. The largest absolute Gasteiger partial charge is 0.479 e. The molecule has 0 radical (unpaired) electrons. The molecule has 2 atom stereocenters. The summed E-state index contributed by atoms with van der Waals surface area (Å²) in [5.74, 6) is -0.655. The number of carboxylic acids is 1. The molecule has 0 fully saturated rings. The summed E-state index contributed by atoms with van der Waals surface area (Å²) in [6, 6.07) is 0. The third kappa shape index (κ3) is 7.24. The van der Waals surface area contributed by atoms with Crippen LogP contribution >= 0.6 is 0 Å². The molecule has 6 nitrogen and oxygen atoms in total. The molecule has 0 aromatic rings. The molecule has 0 aliphatic rings. The molecule has 0 bridgehead atoms. The van der Waals surface area contributed by atoms with E-state index in [1.807, 2.05) is 0 Å². The van der Waals surface area contributed by atoms with Crippen molar-refractivity contribution in [1.29, 1.82) is 0 Å². The minimum atomic E-state index is -1.09. The third-order valence-electron chi connectivity index (χ3n) is 2.66. The zero-order valence-electron chi connectivity index (χ0n) is 11.3. The minimum Gasteiger partial charge on any atom is -0.479 e. The van der Waals surface area contributed by atoms with Crippen molar-refractivity contribution in [3.8, 4) is 0 Å². The average molecular weight is 260 g/mol. The van der Waals surface area contributed by atoms with E-state index in [0.717, 1.165) is 6.42 Å². The first-order valence-corrected chi connectivity index (χ1v) is 6.13. The van der Waals surface area contributed by atoms with Gasteiger partial charge in [0.05, 0.1) is 6.54 Å². The summed E-state index contributed by atoms with van der Waals surface area (Å²) >= 11 is 0. The van der Waals surface area contributed by atoms with Crippen molar-refractivity contribution >= 4 is 11.9 Å². The summed E-state index contributed by atoms with van der Waals surface area (Å²) in [6.45, 7) is 4.58. The van der Waals surface area contributed by atoms with Crippen LogP contribution in [0.25, 0.3) is 0 Å². The molecule has 0 aromatic carbocycles. The van der Waals surface area contributed by atoms with Crippen molar-refractivity contribution in [3.05, 3.63) is 0 Å². The van der Waals surface area contributed by atoms with Crippen LogP contribution < -0.4 is 11.1 Å². The molecule has 6 heteroatoms. The van der Waals surface area contributed by atoms with E-state index in [2.05, 4.69) is 19.2 Å². The van der Waals surface area contributed by atoms with Crippen molar-refractivity contribution < 1.29 is 19.4 Å². The fraction of sp³-hybridized carbons (Fsp3) is 0.833. The van der Waals surface area contributed by atoms with E-state index in [1.165, 1.54) is 7.11 Å². The second kappa shape index (κ2) is 8.88. The Bertz CT molecular complexity index is 269. The molecule has 18 heavy (non-hydrogen) atoms. The van der Waals surface area contributed by atoms with Crippen LogP contribution in [0.5, 0.6) is 0 Å². The molecule has 4 N–H and O–H groups in total. The monoisotopic (exact) mass is 260 g/mol. The van der Waals surface area contributed by atoms with Crippen LogP contribution in [0.4, 0.5) is 0 Å². The van der Waals surface area contributed by atoms with Gasteiger partial charge in [0.15, 0.2) is 6.10 Å². The zero-order chi connectivity index (χ0) is 14.1. The molecular weight excluding hydrogens is 236 g/mol. The first-order chi connectivity index (χ1) is 8.40. The van der Waals surface area contributed by atoms with Crippen LogP contribution in [0.15, 0.2) is 0 Å². The Morgan fingerprint density at radius 2 is 2.00 bits per heavy atom. The van der Waals surface area contributed by atoms with Crippen molar-refractivity contribution in [1.82, 2.24) is 5.32 Å². The number of hydrogen-bond acceptors (Lipinski definition) is 4. The number of methoxy groups -OCH3 is 1. The predicted octanol–water partition coefficient (Wildman–Crippen LogP) is 0.213. The van der Waals surface area contributed by atoms with E-state index >= 15 is 0 Å². The topological polar surface area (TPSA) is 102 Å². The Labute approximate surface area is 108 Å². The van der Waals surface area contributed by atoms with E-state index < -0.39 is 12.1 Å². The number of hydrogen-bond donors (Lipinski definition) is 3. The van der Waals surface area contributed by atoms with Crippen LogP contribution in [0.3, 0.4) is 0 Å². The second-order valence-corrected chi connectivity index (χ2v) is 4.80. The summed E-state index contributed by atoms with van der Waals surface area (Å²) in [4.78, 5) is 22.3. The summed E-state index contributed by atoms with van der Waals surface area (Å²) in [5.41, 5.74) is 5.60. The van der Waals surface area contributed by atoms with Crippen molar-refractivity contribution in [3.63, 3.8) is 0 Å². The van der Waals surface area contributed by atoms with Crippen LogP contribution in [0.1, 0.15) is 26.7 Å². The van der Waals surface area contributed by atoms with Gasteiger partial charge in [-0.1, -0.05) is 13.8 Å². The Morgan fingerprint density at radius 3 is 2.39 bits per heavy atom. The maximum absolute atomic E-state index is 11.6. The molecule has 0 aliphatic carbocycles. The van der Waals surface area contributed by atoms with Crippen molar-refractivity contribution in [2.24, 2.45) is 17.6 Å². The number of ether oxygens (including phenoxy) is 1. The van der Waals surface area contributed by atoms with Crippen molar-refractivity contribution in [2.45, 2.75) is 32.8 Å². The number of rotatable bonds is 9. The number of carbonyl (C=O) groups excluding carboxylic acids is 1. The van der Waals surface area contributed by atoms with Gasteiger partial charge in [0, 0.05) is 13.5 Å². The first-order valence-electron chi connectivity index (χ1n) is 6.13. The molecule has 0 heterocycles. The van der Waals surface area contributed by atoms with E-state index in [9.17, 15) is 9.59 Å². The number of aliphatic carboxylic acids is 1. The van der Waals surface area contributed by atoms with Gasteiger partial charge in [0.1, 0.15) is 0 Å². The molecular formula is C12H24N2O4. The van der Waals surface area contributed by atoms with Gasteiger partial charge in [-0.15, -0.1) is 0 Å². The highest BCUT2D eigenvalue weighted by Gasteiger charge is 2.19. The quantitative estimate of drug-likeness (QED) is 0.550. The number of amides is 1. The first kappa shape index (κ1) is 16.9. The standard InChI is InChI=1S/C12H24N2O4/c1-8(2)4-9(6-13)5-11(15)14-7-10(18-3)12(16)17/h8-10H,4-7,13H2,1-3H3,(H,14,15)(H,16,17). The lowest BCUT2D eigenvalue weighted by atomic mass is 9.94. The van der Waals surface area contributed by atoms with Crippen LogP contribution in [-0.2, 0) is 14.3 Å². The molecule has 106 valence electrons. The van der Waals surface area contributed by atoms with Gasteiger partial charge in [-0.2, -0.15) is 0 Å². The van der Waals surface area contributed by atoms with Gasteiger partial charge in [0.2, 0.25) is 5.91 Å². The van der Waals surface area contributed by atoms with E-state index in [4.69, 9.17) is 15.6 Å². The smallest absolute Gasteiger partial charge is 0.334 e. The van der Waals surface area contributed by atoms with Crippen LogP contribution in [0.2, 0.25) is 0 Å². The normalized spacial score (nSPS) is 14.3. The predicted molar refractivity (Wildman–Crippen MR) is 68.1 cm³/mol. The highest BCUT2D eigenvalue weighted by atomic mass is 16.5. The Balaban J connectivity index is 4.05. The summed E-state index contributed by atoms with van der Waals surface area (Å²) in [7, 11) is 1.30. The summed E-state index contributed by atoms with van der Waals surface area (Å²) < 4.78 is 4.72. The molecule has 0 spiro atoms.